The lowest BCUT2D eigenvalue weighted by atomic mass is 10.1. The van der Waals surface area contributed by atoms with Crippen LogP contribution in [0, 0.1) is 0 Å². The zero-order valence-electron chi connectivity index (χ0n) is 10.6. The Labute approximate surface area is 116 Å². The third-order valence-electron chi connectivity index (χ3n) is 2.35. The summed E-state index contributed by atoms with van der Waals surface area (Å²) in [5.41, 5.74) is 1.84. The molecule has 0 fully saturated rings. The molecule has 0 saturated carbocycles. The molecule has 1 heterocycles. The molecule has 7 heteroatoms. The van der Waals surface area contributed by atoms with Crippen molar-refractivity contribution in [1.29, 1.82) is 0 Å². The van der Waals surface area contributed by atoms with Gasteiger partial charge >= 0.3 is 0 Å². The second-order valence-corrected chi connectivity index (χ2v) is 6.15. The van der Waals surface area contributed by atoms with Crippen LogP contribution in [0.5, 0.6) is 0 Å². The van der Waals surface area contributed by atoms with Crippen LogP contribution in [0.15, 0.2) is 9.33 Å². The molecule has 0 unspecified atom stereocenters. The van der Waals surface area contributed by atoms with Crippen LogP contribution in [0.2, 0.25) is 0 Å². The van der Waals surface area contributed by atoms with Crippen LogP contribution in [0.25, 0.3) is 0 Å². The SMILES string of the molecule is CCCCCCCCSc1nnc(N=CNO)s1. The topological polar surface area (TPSA) is 70.4 Å². The van der Waals surface area contributed by atoms with Gasteiger partial charge in [-0.25, -0.2) is 4.99 Å². The molecule has 1 aromatic heterocycles. The normalized spacial score (nSPS) is 11.2. The van der Waals surface area contributed by atoms with Crippen LogP contribution >= 0.6 is 23.1 Å². The minimum atomic E-state index is 0.557. The van der Waals surface area contributed by atoms with Crippen molar-refractivity contribution in [3.05, 3.63) is 0 Å². The minimum Gasteiger partial charge on any atom is -0.290 e. The summed E-state index contributed by atoms with van der Waals surface area (Å²) in [7, 11) is 0. The van der Waals surface area contributed by atoms with E-state index < -0.39 is 0 Å². The molecule has 0 atom stereocenters. The molecule has 2 N–H and O–H groups in total. The number of aliphatic imine (C=N–C) groups is 1. The highest BCUT2D eigenvalue weighted by Gasteiger charge is 2.02. The summed E-state index contributed by atoms with van der Waals surface area (Å²) in [4.78, 5) is 3.87. The highest BCUT2D eigenvalue weighted by atomic mass is 32.2. The van der Waals surface area contributed by atoms with Gasteiger partial charge in [-0.05, 0) is 6.42 Å². The van der Waals surface area contributed by atoms with Gasteiger partial charge in [-0.1, -0.05) is 62.1 Å². The summed E-state index contributed by atoms with van der Waals surface area (Å²) >= 11 is 3.16. The molecule has 0 saturated heterocycles. The quantitative estimate of drug-likeness (QED) is 0.226. The van der Waals surface area contributed by atoms with Gasteiger partial charge in [0.15, 0.2) is 4.34 Å². The first-order valence-electron chi connectivity index (χ1n) is 6.25. The first kappa shape index (κ1) is 15.4. The van der Waals surface area contributed by atoms with Gasteiger partial charge in [-0.2, -0.15) is 0 Å². The number of hydroxylamine groups is 1. The third-order valence-corrected chi connectivity index (χ3v) is 4.40. The molecule has 0 spiro atoms. The number of thioether (sulfide) groups is 1. The molecule has 0 aliphatic heterocycles. The summed E-state index contributed by atoms with van der Waals surface area (Å²) in [6, 6.07) is 0. The molecule has 0 aromatic carbocycles. The summed E-state index contributed by atoms with van der Waals surface area (Å²) in [5.74, 6) is 1.09. The number of rotatable bonds is 10. The third kappa shape index (κ3) is 6.93. The summed E-state index contributed by atoms with van der Waals surface area (Å²) in [6.45, 7) is 2.23. The molecule has 0 aliphatic carbocycles. The Bertz CT molecular complexity index is 344. The Kier molecular flexibility index (Phi) is 8.79. The van der Waals surface area contributed by atoms with Gasteiger partial charge < -0.3 is 0 Å². The summed E-state index contributed by atoms with van der Waals surface area (Å²) in [5, 5.41) is 16.8. The van der Waals surface area contributed by atoms with Gasteiger partial charge in [0, 0.05) is 5.75 Å². The van der Waals surface area contributed by atoms with E-state index in [0.29, 0.717) is 5.13 Å². The van der Waals surface area contributed by atoms with E-state index in [1.807, 2.05) is 5.48 Å². The Morgan fingerprint density at radius 1 is 1.28 bits per heavy atom. The van der Waals surface area contributed by atoms with Gasteiger partial charge in [0.1, 0.15) is 6.34 Å². The van der Waals surface area contributed by atoms with Crippen LogP contribution < -0.4 is 5.48 Å². The second kappa shape index (κ2) is 10.3. The van der Waals surface area contributed by atoms with E-state index in [-0.39, 0.29) is 0 Å². The molecule has 5 nitrogen and oxygen atoms in total. The number of hydrogen-bond donors (Lipinski definition) is 2. The Morgan fingerprint density at radius 3 is 2.83 bits per heavy atom. The van der Waals surface area contributed by atoms with Crippen LogP contribution in [-0.4, -0.2) is 27.5 Å². The fourth-order valence-electron chi connectivity index (χ4n) is 1.44. The van der Waals surface area contributed by atoms with E-state index in [4.69, 9.17) is 5.21 Å². The first-order chi connectivity index (χ1) is 8.86. The standard InChI is InChI=1S/C11H20N4OS2/c1-2-3-4-5-6-7-8-17-11-15-14-10(18-11)12-9-13-16/h9,16H,2-8H2,1H3,(H,12,13,14). The molecule has 1 rings (SSSR count). The monoisotopic (exact) mass is 288 g/mol. The van der Waals surface area contributed by atoms with Crippen molar-refractivity contribution in [2.75, 3.05) is 5.75 Å². The van der Waals surface area contributed by atoms with Crippen molar-refractivity contribution in [2.45, 2.75) is 49.8 Å². The van der Waals surface area contributed by atoms with Crippen molar-refractivity contribution in [3.8, 4) is 0 Å². The molecule has 0 aliphatic rings. The predicted molar refractivity (Wildman–Crippen MR) is 77.1 cm³/mol. The van der Waals surface area contributed by atoms with Gasteiger partial charge in [0.05, 0.1) is 0 Å². The van der Waals surface area contributed by atoms with Crippen LogP contribution in [-0.2, 0) is 0 Å². The molecule has 0 radical (unpaired) electrons. The summed E-state index contributed by atoms with van der Waals surface area (Å²) < 4.78 is 0.939. The van der Waals surface area contributed by atoms with Crippen molar-refractivity contribution >= 4 is 34.6 Å². The molecular weight excluding hydrogens is 268 g/mol. The van der Waals surface area contributed by atoms with E-state index in [1.54, 1.807) is 11.8 Å². The maximum Gasteiger partial charge on any atom is 0.233 e. The average molecular weight is 288 g/mol. The average Bonchev–Trinajstić information content (AvgIpc) is 2.83. The number of hydrogen-bond acceptors (Lipinski definition) is 6. The number of nitrogens with zero attached hydrogens (tertiary/aromatic N) is 3. The minimum absolute atomic E-state index is 0.557. The maximum absolute atomic E-state index is 8.35. The lowest BCUT2D eigenvalue weighted by Crippen LogP contribution is -2.00. The zero-order chi connectivity index (χ0) is 13.1. The zero-order valence-corrected chi connectivity index (χ0v) is 12.3. The predicted octanol–water partition coefficient (Wildman–Crippen LogP) is 3.63. The number of aromatic nitrogens is 2. The van der Waals surface area contributed by atoms with Crippen molar-refractivity contribution in [2.24, 2.45) is 4.99 Å². The molecule has 1 aromatic rings. The largest absolute Gasteiger partial charge is 0.290 e. The molecular formula is C11H20N4OS2. The van der Waals surface area contributed by atoms with Crippen molar-refractivity contribution in [1.82, 2.24) is 15.7 Å². The van der Waals surface area contributed by atoms with Crippen molar-refractivity contribution in [3.63, 3.8) is 0 Å². The van der Waals surface area contributed by atoms with E-state index in [9.17, 15) is 0 Å². The van der Waals surface area contributed by atoms with Gasteiger partial charge in [-0.3, -0.25) is 10.7 Å². The van der Waals surface area contributed by atoms with Crippen molar-refractivity contribution < 1.29 is 5.21 Å². The van der Waals surface area contributed by atoms with E-state index in [0.717, 1.165) is 10.1 Å². The fraction of sp³-hybridized carbons (Fsp3) is 0.727. The van der Waals surface area contributed by atoms with Gasteiger partial charge in [-0.15, -0.1) is 10.2 Å². The second-order valence-electron chi connectivity index (χ2n) is 3.85. The highest BCUT2D eigenvalue weighted by Crippen LogP contribution is 2.27. The first-order valence-corrected chi connectivity index (χ1v) is 8.05. The van der Waals surface area contributed by atoms with Crippen LogP contribution in [0.3, 0.4) is 0 Å². The summed E-state index contributed by atoms with van der Waals surface area (Å²) in [6.07, 6.45) is 9.04. The Hall–Kier alpha value is -0.660. The van der Waals surface area contributed by atoms with Gasteiger partial charge in [0.2, 0.25) is 5.13 Å². The highest BCUT2D eigenvalue weighted by molar-refractivity contribution is 8.01. The molecule has 18 heavy (non-hydrogen) atoms. The van der Waals surface area contributed by atoms with Crippen LogP contribution in [0.1, 0.15) is 45.4 Å². The lowest BCUT2D eigenvalue weighted by Gasteiger charge is -1.98. The Morgan fingerprint density at radius 2 is 2.06 bits per heavy atom. The lowest BCUT2D eigenvalue weighted by molar-refractivity contribution is 0.240. The van der Waals surface area contributed by atoms with Crippen LogP contribution in [0.4, 0.5) is 5.13 Å². The van der Waals surface area contributed by atoms with E-state index >= 15 is 0 Å². The fourth-order valence-corrected chi connectivity index (χ4v) is 3.19. The number of nitrogens with one attached hydrogen (secondary N) is 1. The molecule has 102 valence electrons. The van der Waals surface area contributed by atoms with Gasteiger partial charge in [0.25, 0.3) is 0 Å². The Balaban J connectivity index is 2.08. The smallest absolute Gasteiger partial charge is 0.233 e. The van der Waals surface area contributed by atoms with E-state index in [2.05, 4.69) is 22.1 Å². The molecule has 0 bridgehead atoms. The number of unbranched alkanes of at least 4 members (excludes halogenated alkanes) is 5. The maximum atomic E-state index is 8.35. The molecule has 0 amide bonds. The van der Waals surface area contributed by atoms with E-state index in [1.165, 1.54) is 56.2 Å².